The van der Waals surface area contributed by atoms with Crippen LogP contribution in [0.25, 0.3) is 21.9 Å². The van der Waals surface area contributed by atoms with Crippen molar-refractivity contribution in [1.82, 2.24) is 4.57 Å². The molecule has 5 heteroatoms. The Morgan fingerprint density at radius 2 is 2.00 bits per heavy atom. The minimum absolute atomic E-state index is 0.142. The molecule has 1 atom stereocenters. The van der Waals surface area contributed by atoms with Gasteiger partial charge in [0.15, 0.2) is 12.4 Å². The second-order valence-electron chi connectivity index (χ2n) is 6.89. The highest BCUT2D eigenvalue weighted by atomic mass is 16.5. The third kappa shape index (κ3) is 2.75. The quantitative estimate of drug-likeness (QED) is 0.667. The van der Waals surface area contributed by atoms with Crippen molar-refractivity contribution >= 4 is 17.1 Å². The number of aromatic nitrogens is 1. The fourth-order valence-corrected chi connectivity index (χ4v) is 3.86. The summed E-state index contributed by atoms with van der Waals surface area (Å²) in [7, 11) is 3.16. The van der Waals surface area contributed by atoms with Crippen LogP contribution in [0.1, 0.15) is 22.9 Å². The molecule has 1 aliphatic heterocycles. The summed E-state index contributed by atoms with van der Waals surface area (Å²) in [5.41, 5.74) is 4.40. The zero-order chi connectivity index (χ0) is 19.1. The maximum atomic E-state index is 12.9. The van der Waals surface area contributed by atoms with Gasteiger partial charge in [0.05, 0.1) is 12.3 Å². The molecule has 4 rings (SSSR count). The second-order valence-corrected chi connectivity index (χ2v) is 6.89. The van der Waals surface area contributed by atoms with E-state index in [0.29, 0.717) is 17.7 Å². The van der Waals surface area contributed by atoms with Gasteiger partial charge in [-0.2, -0.15) is 0 Å². The second kappa shape index (κ2) is 6.67. The van der Waals surface area contributed by atoms with E-state index in [-0.39, 0.29) is 5.56 Å². The molecule has 0 spiro atoms. The van der Waals surface area contributed by atoms with Gasteiger partial charge in [0.1, 0.15) is 5.75 Å². The SMILES string of the molecule is COC(C=O)c1c(-c2ccc3c(c2)CCO3)c2cc(C)ccc2c(=O)n1C. The Bertz CT molecular complexity index is 1110. The van der Waals surface area contributed by atoms with Crippen LogP contribution in [0.3, 0.4) is 0 Å². The number of carbonyl (C=O) groups excluding carboxylic acids is 1. The highest BCUT2D eigenvalue weighted by molar-refractivity contribution is 5.98. The first-order chi connectivity index (χ1) is 13.0. The summed E-state index contributed by atoms with van der Waals surface area (Å²) in [6, 6.07) is 11.8. The maximum absolute atomic E-state index is 12.9. The molecule has 3 aromatic rings. The van der Waals surface area contributed by atoms with Crippen LogP contribution in [0.2, 0.25) is 0 Å². The lowest BCUT2D eigenvalue weighted by Gasteiger charge is -2.21. The fraction of sp³-hybridized carbons (Fsp3) is 0.273. The molecular weight excluding hydrogens is 342 g/mol. The third-order valence-electron chi connectivity index (χ3n) is 5.22. The van der Waals surface area contributed by atoms with E-state index in [9.17, 15) is 9.59 Å². The van der Waals surface area contributed by atoms with Gasteiger partial charge in [-0.05, 0) is 41.6 Å². The lowest BCUT2D eigenvalue weighted by molar-refractivity contribution is -0.117. The van der Waals surface area contributed by atoms with E-state index in [2.05, 4.69) is 6.07 Å². The number of ether oxygens (including phenoxy) is 2. The normalized spacial score (nSPS) is 14.0. The van der Waals surface area contributed by atoms with E-state index in [1.807, 2.05) is 37.3 Å². The molecule has 1 aromatic heterocycles. The van der Waals surface area contributed by atoms with Gasteiger partial charge in [-0.1, -0.05) is 23.8 Å². The monoisotopic (exact) mass is 363 g/mol. The Labute approximate surface area is 157 Å². The largest absolute Gasteiger partial charge is 0.493 e. The molecule has 0 bridgehead atoms. The number of methoxy groups -OCH3 is 1. The standard InChI is InChI=1S/C22H21NO4/c1-13-4-6-16-17(10-13)20(15-5-7-18-14(11-15)8-9-27-18)21(19(12-24)26-3)23(2)22(16)25/h4-7,10-12,19H,8-9H2,1-3H3. The van der Waals surface area contributed by atoms with E-state index in [4.69, 9.17) is 9.47 Å². The smallest absolute Gasteiger partial charge is 0.258 e. The molecule has 0 saturated heterocycles. The molecule has 2 heterocycles. The molecule has 0 N–H and O–H groups in total. The number of carbonyl (C=O) groups is 1. The molecule has 0 amide bonds. The van der Waals surface area contributed by atoms with E-state index in [1.165, 1.54) is 11.7 Å². The lowest BCUT2D eigenvalue weighted by Crippen LogP contribution is -2.25. The Hall–Kier alpha value is -2.92. The van der Waals surface area contributed by atoms with E-state index in [0.717, 1.165) is 46.1 Å². The first-order valence-electron chi connectivity index (χ1n) is 8.92. The van der Waals surface area contributed by atoms with Gasteiger partial charge in [0, 0.05) is 31.5 Å². The molecule has 138 valence electrons. The van der Waals surface area contributed by atoms with Gasteiger partial charge in [0.2, 0.25) is 0 Å². The predicted octanol–water partition coefficient (Wildman–Crippen LogP) is 3.34. The van der Waals surface area contributed by atoms with Crippen LogP contribution in [0.4, 0.5) is 0 Å². The van der Waals surface area contributed by atoms with Crippen LogP contribution in [0.15, 0.2) is 41.2 Å². The summed E-state index contributed by atoms with van der Waals surface area (Å²) in [5.74, 6) is 0.893. The zero-order valence-corrected chi connectivity index (χ0v) is 15.6. The number of hydrogen-bond acceptors (Lipinski definition) is 4. The zero-order valence-electron chi connectivity index (χ0n) is 15.6. The molecule has 27 heavy (non-hydrogen) atoms. The molecule has 1 aliphatic rings. The first-order valence-corrected chi connectivity index (χ1v) is 8.92. The van der Waals surface area contributed by atoms with Crippen LogP contribution in [-0.4, -0.2) is 24.6 Å². The lowest BCUT2D eigenvalue weighted by atomic mass is 9.92. The molecule has 1 unspecified atom stereocenters. The Balaban J connectivity index is 2.14. The van der Waals surface area contributed by atoms with Crippen molar-refractivity contribution in [3.63, 3.8) is 0 Å². The summed E-state index contributed by atoms with van der Waals surface area (Å²) >= 11 is 0. The highest BCUT2D eigenvalue weighted by Crippen LogP contribution is 2.37. The summed E-state index contributed by atoms with van der Waals surface area (Å²) in [5, 5.41) is 1.45. The van der Waals surface area contributed by atoms with Gasteiger partial charge in [-0.15, -0.1) is 0 Å². The van der Waals surface area contributed by atoms with Crippen LogP contribution in [-0.2, 0) is 23.0 Å². The Morgan fingerprint density at radius 3 is 2.74 bits per heavy atom. The van der Waals surface area contributed by atoms with Crippen molar-refractivity contribution in [2.24, 2.45) is 7.05 Å². The third-order valence-corrected chi connectivity index (χ3v) is 5.22. The minimum Gasteiger partial charge on any atom is -0.493 e. The number of benzene rings is 2. The van der Waals surface area contributed by atoms with Crippen molar-refractivity contribution in [3.8, 4) is 16.9 Å². The summed E-state index contributed by atoms with van der Waals surface area (Å²) in [6.45, 7) is 2.66. The topological polar surface area (TPSA) is 57.5 Å². The number of aryl methyl sites for hydroxylation is 1. The van der Waals surface area contributed by atoms with E-state index in [1.54, 1.807) is 7.05 Å². The van der Waals surface area contributed by atoms with Gasteiger partial charge in [0.25, 0.3) is 5.56 Å². The summed E-state index contributed by atoms with van der Waals surface area (Å²) < 4.78 is 12.6. The highest BCUT2D eigenvalue weighted by Gasteiger charge is 2.24. The molecular formula is C22H21NO4. The van der Waals surface area contributed by atoms with E-state index < -0.39 is 6.10 Å². The van der Waals surface area contributed by atoms with Crippen molar-refractivity contribution in [2.75, 3.05) is 13.7 Å². The Kier molecular flexibility index (Phi) is 4.32. The molecule has 2 aromatic carbocycles. The van der Waals surface area contributed by atoms with Crippen molar-refractivity contribution < 1.29 is 14.3 Å². The molecule has 0 radical (unpaired) electrons. The number of nitrogens with zero attached hydrogens (tertiary/aromatic N) is 1. The molecule has 5 nitrogen and oxygen atoms in total. The number of hydrogen-bond donors (Lipinski definition) is 0. The summed E-state index contributed by atoms with van der Waals surface area (Å²) in [4.78, 5) is 24.7. The number of aldehydes is 1. The number of pyridine rings is 1. The van der Waals surface area contributed by atoms with Crippen molar-refractivity contribution in [1.29, 1.82) is 0 Å². The average molecular weight is 363 g/mol. The van der Waals surface area contributed by atoms with Gasteiger partial charge in [-0.25, -0.2) is 0 Å². The maximum Gasteiger partial charge on any atom is 0.258 e. The number of fused-ring (bicyclic) bond motifs is 2. The molecule has 0 fully saturated rings. The summed E-state index contributed by atoms with van der Waals surface area (Å²) in [6.07, 6.45) is 0.756. The van der Waals surface area contributed by atoms with Crippen molar-refractivity contribution in [3.05, 3.63) is 63.6 Å². The molecule has 0 aliphatic carbocycles. The van der Waals surface area contributed by atoms with Crippen LogP contribution in [0, 0.1) is 6.92 Å². The van der Waals surface area contributed by atoms with Gasteiger partial charge < -0.3 is 18.8 Å². The van der Waals surface area contributed by atoms with Crippen molar-refractivity contribution in [2.45, 2.75) is 19.4 Å². The number of rotatable bonds is 4. The van der Waals surface area contributed by atoms with Gasteiger partial charge in [-0.3, -0.25) is 4.79 Å². The first kappa shape index (κ1) is 17.5. The average Bonchev–Trinajstić information content (AvgIpc) is 3.14. The minimum atomic E-state index is -0.827. The fourth-order valence-electron chi connectivity index (χ4n) is 3.86. The Morgan fingerprint density at radius 1 is 1.19 bits per heavy atom. The molecule has 0 saturated carbocycles. The van der Waals surface area contributed by atoms with Gasteiger partial charge >= 0.3 is 0 Å². The predicted molar refractivity (Wildman–Crippen MR) is 104 cm³/mol. The van der Waals surface area contributed by atoms with Crippen LogP contribution in [0.5, 0.6) is 5.75 Å². The van der Waals surface area contributed by atoms with E-state index >= 15 is 0 Å². The van der Waals surface area contributed by atoms with Crippen LogP contribution < -0.4 is 10.3 Å². The van der Waals surface area contributed by atoms with Crippen LogP contribution >= 0.6 is 0 Å².